The zero-order valence-electron chi connectivity index (χ0n) is 12.0. The summed E-state index contributed by atoms with van der Waals surface area (Å²) in [6.07, 6.45) is 0.597. The molecule has 0 bridgehead atoms. The largest absolute Gasteiger partial charge is 0.328 e. The van der Waals surface area contributed by atoms with E-state index in [2.05, 4.69) is 5.32 Å². The smallest absolute Gasteiger partial charge is 0.242 e. The number of hydrogen-bond acceptors (Lipinski definition) is 4. The fourth-order valence-corrected chi connectivity index (χ4v) is 2.78. The summed E-state index contributed by atoms with van der Waals surface area (Å²) in [4.78, 5) is 11.1. The van der Waals surface area contributed by atoms with E-state index in [0.717, 1.165) is 0 Å². The molecule has 0 aromatic heterocycles. The lowest BCUT2D eigenvalue weighted by molar-refractivity contribution is -0.114. The first-order chi connectivity index (χ1) is 9.23. The molecular formula is C13H21N3O3S. The van der Waals surface area contributed by atoms with Gasteiger partial charge in [-0.2, -0.15) is 0 Å². The molecule has 1 atom stereocenters. The molecule has 0 aliphatic carbocycles. The van der Waals surface area contributed by atoms with E-state index in [-0.39, 0.29) is 16.8 Å². The van der Waals surface area contributed by atoms with Crippen LogP contribution in [0.5, 0.6) is 0 Å². The summed E-state index contributed by atoms with van der Waals surface area (Å²) >= 11 is 0. The Morgan fingerprint density at radius 2 is 1.90 bits per heavy atom. The third-order valence-corrected chi connectivity index (χ3v) is 4.65. The Hall–Kier alpha value is -1.44. The van der Waals surface area contributed by atoms with Crippen molar-refractivity contribution in [3.8, 4) is 0 Å². The molecule has 0 fully saturated rings. The molecule has 1 amide bonds. The minimum atomic E-state index is -3.51. The van der Waals surface area contributed by atoms with Crippen molar-refractivity contribution >= 4 is 21.6 Å². The third-order valence-electron chi connectivity index (χ3n) is 2.78. The fraction of sp³-hybridized carbons (Fsp3) is 0.462. The molecule has 0 aliphatic heterocycles. The predicted octanol–water partition coefficient (Wildman–Crippen LogP) is 1.00. The van der Waals surface area contributed by atoms with Crippen LogP contribution in [-0.4, -0.2) is 38.3 Å². The predicted molar refractivity (Wildman–Crippen MR) is 78.8 cm³/mol. The number of nitrogens with zero attached hydrogens (tertiary/aromatic N) is 1. The van der Waals surface area contributed by atoms with Gasteiger partial charge in [0, 0.05) is 32.2 Å². The average molecular weight is 299 g/mol. The maximum atomic E-state index is 12.3. The number of nitrogens with one attached hydrogen (secondary N) is 1. The monoisotopic (exact) mass is 299 g/mol. The molecule has 112 valence electrons. The van der Waals surface area contributed by atoms with Crippen molar-refractivity contribution in [3.05, 3.63) is 24.3 Å². The van der Waals surface area contributed by atoms with Crippen molar-refractivity contribution in [2.75, 3.05) is 18.9 Å². The Morgan fingerprint density at radius 3 is 2.35 bits per heavy atom. The Bertz CT molecular complexity index is 553. The van der Waals surface area contributed by atoms with Gasteiger partial charge in [0.1, 0.15) is 0 Å². The van der Waals surface area contributed by atoms with Gasteiger partial charge in [-0.25, -0.2) is 12.7 Å². The summed E-state index contributed by atoms with van der Waals surface area (Å²) in [6.45, 7) is 3.60. The van der Waals surface area contributed by atoms with E-state index < -0.39 is 10.0 Å². The van der Waals surface area contributed by atoms with Crippen molar-refractivity contribution < 1.29 is 13.2 Å². The quantitative estimate of drug-likeness (QED) is 0.819. The number of nitrogens with two attached hydrogens (primary N) is 1. The minimum Gasteiger partial charge on any atom is -0.328 e. The highest BCUT2D eigenvalue weighted by Gasteiger charge is 2.20. The van der Waals surface area contributed by atoms with Gasteiger partial charge in [-0.05, 0) is 37.6 Å². The molecule has 1 unspecified atom stereocenters. The number of anilines is 1. The van der Waals surface area contributed by atoms with Crippen LogP contribution in [-0.2, 0) is 14.8 Å². The Balaban J connectivity index is 2.84. The van der Waals surface area contributed by atoms with Crippen LogP contribution in [0.1, 0.15) is 20.3 Å². The second-order valence-electron chi connectivity index (χ2n) is 4.80. The fourth-order valence-electron chi connectivity index (χ4n) is 1.60. The molecule has 6 nitrogen and oxygen atoms in total. The Labute approximate surface area is 120 Å². The Kier molecular flexibility index (Phi) is 5.67. The first-order valence-electron chi connectivity index (χ1n) is 6.33. The second-order valence-corrected chi connectivity index (χ2v) is 6.84. The van der Waals surface area contributed by atoms with Gasteiger partial charge >= 0.3 is 0 Å². The highest BCUT2D eigenvalue weighted by molar-refractivity contribution is 7.89. The molecule has 3 N–H and O–H groups in total. The first kappa shape index (κ1) is 16.6. The molecule has 0 aliphatic rings. The number of carbonyl (C=O) groups excluding carboxylic acids is 1. The number of benzene rings is 1. The number of amides is 1. The van der Waals surface area contributed by atoms with Gasteiger partial charge in [0.2, 0.25) is 15.9 Å². The first-order valence-corrected chi connectivity index (χ1v) is 7.77. The number of sulfonamides is 1. The molecule has 1 rings (SSSR count). The van der Waals surface area contributed by atoms with E-state index in [1.165, 1.54) is 30.4 Å². The van der Waals surface area contributed by atoms with Crippen molar-refractivity contribution in [3.63, 3.8) is 0 Å². The lowest BCUT2D eigenvalue weighted by atomic mass is 10.2. The van der Waals surface area contributed by atoms with Crippen LogP contribution in [0.15, 0.2) is 29.2 Å². The van der Waals surface area contributed by atoms with Crippen LogP contribution in [0.3, 0.4) is 0 Å². The topological polar surface area (TPSA) is 92.5 Å². The minimum absolute atomic E-state index is 0.0465. The average Bonchev–Trinajstić information content (AvgIpc) is 2.35. The highest BCUT2D eigenvalue weighted by Crippen LogP contribution is 2.17. The van der Waals surface area contributed by atoms with Gasteiger partial charge in [0.15, 0.2) is 0 Å². The SMILES string of the molecule is CC(=O)Nc1ccc(S(=O)(=O)N(C)CCC(C)N)cc1. The van der Waals surface area contributed by atoms with Crippen LogP contribution >= 0.6 is 0 Å². The van der Waals surface area contributed by atoms with Crippen LogP contribution in [0.2, 0.25) is 0 Å². The zero-order valence-corrected chi connectivity index (χ0v) is 12.8. The molecule has 1 aromatic carbocycles. The van der Waals surface area contributed by atoms with Gasteiger partial charge in [-0.1, -0.05) is 0 Å². The maximum Gasteiger partial charge on any atom is 0.242 e. The standard InChI is InChI=1S/C13H21N3O3S/c1-10(14)8-9-16(3)20(18,19)13-6-4-12(5-7-13)15-11(2)17/h4-7,10H,8-9,14H2,1-3H3,(H,15,17). The summed E-state index contributed by atoms with van der Waals surface area (Å²) in [5.74, 6) is -0.199. The molecule has 1 aromatic rings. The highest BCUT2D eigenvalue weighted by atomic mass is 32.2. The summed E-state index contributed by atoms with van der Waals surface area (Å²) in [5.41, 5.74) is 6.19. The lowest BCUT2D eigenvalue weighted by Gasteiger charge is -2.18. The molecule has 0 heterocycles. The van der Waals surface area contributed by atoms with Crippen molar-refractivity contribution in [1.82, 2.24) is 4.31 Å². The third kappa shape index (κ3) is 4.59. The summed E-state index contributed by atoms with van der Waals surface area (Å²) in [7, 11) is -1.99. The number of hydrogen-bond donors (Lipinski definition) is 2. The van der Waals surface area contributed by atoms with E-state index in [1.54, 1.807) is 12.1 Å². The lowest BCUT2D eigenvalue weighted by Crippen LogP contribution is -2.31. The second kappa shape index (κ2) is 6.83. The van der Waals surface area contributed by atoms with Crippen molar-refractivity contribution in [2.45, 2.75) is 31.2 Å². The van der Waals surface area contributed by atoms with Crippen LogP contribution < -0.4 is 11.1 Å². The Morgan fingerprint density at radius 1 is 1.35 bits per heavy atom. The van der Waals surface area contributed by atoms with Crippen molar-refractivity contribution in [2.24, 2.45) is 5.73 Å². The summed E-state index contributed by atoms with van der Waals surface area (Å²) in [5, 5.41) is 2.59. The van der Waals surface area contributed by atoms with Gasteiger partial charge < -0.3 is 11.1 Å². The van der Waals surface area contributed by atoms with Crippen LogP contribution in [0.4, 0.5) is 5.69 Å². The van der Waals surface area contributed by atoms with Crippen molar-refractivity contribution in [1.29, 1.82) is 0 Å². The van der Waals surface area contributed by atoms with Gasteiger partial charge in [-0.15, -0.1) is 0 Å². The zero-order chi connectivity index (χ0) is 15.3. The molecule has 0 spiro atoms. The van der Waals surface area contributed by atoms with Gasteiger partial charge in [-0.3, -0.25) is 4.79 Å². The van der Waals surface area contributed by atoms with E-state index >= 15 is 0 Å². The number of carbonyl (C=O) groups is 1. The van der Waals surface area contributed by atoms with Gasteiger partial charge in [0.25, 0.3) is 0 Å². The molecule has 7 heteroatoms. The van der Waals surface area contributed by atoms with E-state index in [0.29, 0.717) is 18.7 Å². The van der Waals surface area contributed by atoms with Crippen LogP contribution in [0.25, 0.3) is 0 Å². The summed E-state index contributed by atoms with van der Waals surface area (Å²) in [6, 6.07) is 6.03. The molecule has 0 saturated carbocycles. The number of rotatable bonds is 6. The normalized spacial score (nSPS) is 13.2. The van der Waals surface area contributed by atoms with Crippen LogP contribution in [0, 0.1) is 0 Å². The summed E-state index contributed by atoms with van der Waals surface area (Å²) < 4.78 is 25.8. The molecule has 0 saturated heterocycles. The molecule has 0 radical (unpaired) electrons. The maximum absolute atomic E-state index is 12.3. The van der Waals surface area contributed by atoms with E-state index in [9.17, 15) is 13.2 Å². The molecular weight excluding hydrogens is 278 g/mol. The molecule has 20 heavy (non-hydrogen) atoms. The van der Waals surface area contributed by atoms with Gasteiger partial charge in [0.05, 0.1) is 4.90 Å². The van der Waals surface area contributed by atoms with E-state index in [4.69, 9.17) is 5.73 Å². The van der Waals surface area contributed by atoms with E-state index in [1.807, 2.05) is 6.92 Å².